The van der Waals surface area contributed by atoms with Crippen molar-refractivity contribution in [2.45, 2.75) is 6.54 Å². The van der Waals surface area contributed by atoms with Gasteiger partial charge >= 0.3 is 0 Å². The van der Waals surface area contributed by atoms with Gasteiger partial charge in [0.05, 0.1) is 25.2 Å². The molecule has 0 bridgehead atoms. The van der Waals surface area contributed by atoms with E-state index in [1.807, 2.05) is 41.2 Å². The third-order valence-corrected chi connectivity index (χ3v) is 4.88. The fraction of sp³-hybridized carbons (Fsp3) is 0.158. The summed E-state index contributed by atoms with van der Waals surface area (Å²) in [6.45, 7) is 0.618. The average Bonchev–Trinajstić information content (AvgIpc) is 3.02. The molecule has 0 atom stereocenters. The van der Waals surface area contributed by atoms with Crippen LogP contribution in [0.4, 0.5) is 11.5 Å². The van der Waals surface area contributed by atoms with Gasteiger partial charge in [0, 0.05) is 23.0 Å². The van der Waals surface area contributed by atoms with E-state index >= 15 is 0 Å². The highest BCUT2D eigenvalue weighted by Crippen LogP contribution is 2.30. The summed E-state index contributed by atoms with van der Waals surface area (Å²) in [6, 6.07) is 13.1. The quantitative estimate of drug-likeness (QED) is 0.474. The van der Waals surface area contributed by atoms with Crippen LogP contribution in [0, 0.1) is 0 Å². The van der Waals surface area contributed by atoms with Crippen molar-refractivity contribution in [3.8, 4) is 11.5 Å². The van der Waals surface area contributed by atoms with E-state index in [1.165, 1.54) is 0 Å². The van der Waals surface area contributed by atoms with Crippen molar-refractivity contribution in [1.29, 1.82) is 0 Å². The number of halogens is 2. The van der Waals surface area contributed by atoms with Gasteiger partial charge in [-0.15, -0.1) is 0 Å². The summed E-state index contributed by atoms with van der Waals surface area (Å²) in [7, 11) is 3.18. The number of thiocarbonyl (C=S) groups is 1. The summed E-state index contributed by atoms with van der Waals surface area (Å²) in [5.74, 6) is 1.88. The topological polar surface area (TPSA) is 60.3 Å². The van der Waals surface area contributed by atoms with E-state index < -0.39 is 0 Å². The first-order valence-corrected chi connectivity index (χ1v) is 9.84. The van der Waals surface area contributed by atoms with Crippen molar-refractivity contribution < 1.29 is 9.47 Å². The molecule has 0 unspecified atom stereocenters. The smallest absolute Gasteiger partial charge is 0.176 e. The third-order valence-electron chi connectivity index (χ3n) is 3.85. The fourth-order valence-electron chi connectivity index (χ4n) is 2.52. The number of nitrogens with zero attached hydrogens (tertiary/aromatic N) is 2. The average molecular weight is 482 g/mol. The molecule has 1 heterocycles. The van der Waals surface area contributed by atoms with Crippen molar-refractivity contribution in [2.24, 2.45) is 0 Å². The molecule has 0 amide bonds. The van der Waals surface area contributed by atoms with Gasteiger partial charge in [0.15, 0.2) is 22.4 Å². The highest BCUT2D eigenvalue weighted by Gasteiger charge is 2.10. The van der Waals surface area contributed by atoms with Gasteiger partial charge in [0.1, 0.15) is 0 Å². The first-order valence-electron chi connectivity index (χ1n) is 8.26. The van der Waals surface area contributed by atoms with Crippen molar-refractivity contribution in [2.75, 3.05) is 24.9 Å². The number of benzene rings is 2. The van der Waals surface area contributed by atoms with Crippen molar-refractivity contribution >= 4 is 56.4 Å². The molecule has 28 heavy (non-hydrogen) atoms. The number of anilines is 2. The minimum atomic E-state index is 0.407. The van der Waals surface area contributed by atoms with Gasteiger partial charge in [0.25, 0.3) is 0 Å². The maximum Gasteiger partial charge on any atom is 0.176 e. The minimum Gasteiger partial charge on any atom is -0.493 e. The first-order chi connectivity index (χ1) is 13.5. The van der Waals surface area contributed by atoms with Gasteiger partial charge in [-0.2, -0.15) is 5.10 Å². The van der Waals surface area contributed by atoms with E-state index in [0.717, 1.165) is 15.7 Å². The zero-order valence-electron chi connectivity index (χ0n) is 15.2. The van der Waals surface area contributed by atoms with Crippen LogP contribution in [-0.4, -0.2) is 29.1 Å². The standard InChI is InChI=1S/C19H18BrClN4O2S/c1-26-16-8-7-14(9-17(16)27-2)22-19(28)23-18-15(20)11-25(24-18)10-12-3-5-13(21)6-4-12/h3-9,11H,10H2,1-2H3,(H2,22,23,24,28). The molecular formula is C19H18BrClN4O2S. The molecule has 0 saturated heterocycles. The second-order valence-electron chi connectivity index (χ2n) is 5.80. The second kappa shape index (κ2) is 9.27. The van der Waals surface area contributed by atoms with Crippen molar-refractivity contribution in [1.82, 2.24) is 9.78 Å². The van der Waals surface area contributed by atoms with E-state index in [0.29, 0.717) is 34.0 Å². The Morgan fingerprint density at radius 1 is 1.11 bits per heavy atom. The van der Waals surface area contributed by atoms with Crippen LogP contribution in [0.15, 0.2) is 53.1 Å². The SMILES string of the molecule is COc1ccc(NC(=S)Nc2nn(Cc3ccc(Cl)cc3)cc2Br)cc1OC. The highest BCUT2D eigenvalue weighted by molar-refractivity contribution is 9.10. The van der Waals surface area contributed by atoms with Crippen LogP contribution in [0.5, 0.6) is 11.5 Å². The molecule has 0 saturated carbocycles. The van der Waals surface area contributed by atoms with Crippen LogP contribution in [0.3, 0.4) is 0 Å². The number of hydrogen-bond donors (Lipinski definition) is 2. The maximum absolute atomic E-state index is 5.93. The normalized spacial score (nSPS) is 10.4. The molecule has 0 radical (unpaired) electrons. The molecule has 2 N–H and O–H groups in total. The van der Waals surface area contributed by atoms with E-state index in [-0.39, 0.29) is 0 Å². The minimum absolute atomic E-state index is 0.407. The molecule has 0 aliphatic heterocycles. The lowest BCUT2D eigenvalue weighted by atomic mass is 10.2. The summed E-state index contributed by atoms with van der Waals surface area (Å²) in [6.07, 6.45) is 1.88. The Kier molecular flexibility index (Phi) is 6.77. The Bertz CT molecular complexity index is 979. The molecule has 3 rings (SSSR count). The number of aromatic nitrogens is 2. The van der Waals surface area contributed by atoms with Gasteiger partial charge < -0.3 is 20.1 Å². The van der Waals surface area contributed by atoms with Gasteiger partial charge in [-0.05, 0) is 58.0 Å². The number of hydrogen-bond acceptors (Lipinski definition) is 4. The molecule has 2 aromatic carbocycles. The summed E-state index contributed by atoms with van der Waals surface area (Å²) in [5, 5.41) is 11.8. The zero-order valence-corrected chi connectivity index (χ0v) is 18.4. The lowest BCUT2D eigenvalue weighted by molar-refractivity contribution is 0.355. The molecule has 3 aromatic rings. The molecule has 9 heteroatoms. The Morgan fingerprint density at radius 3 is 2.50 bits per heavy atom. The molecule has 6 nitrogen and oxygen atoms in total. The zero-order chi connectivity index (χ0) is 20.1. The van der Waals surface area contributed by atoms with Gasteiger partial charge in [-0.3, -0.25) is 4.68 Å². The predicted molar refractivity (Wildman–Crippen MR) is 120 cm³/mol. The third kappa shape index (κ3) is 5.15. The second-order valence-corrected chi connectivity index (χ2v) is 7.50. The van der Waals surface area contributed by atoms with E-state index in [4.69, 9.17) is 33.3 Å². The number of rotatable bonds is 6. The Morgan fingerprint density at radius 2 is 1.82 bits per heavy atom. The monoisotopic (exact) mass is 480 g/mol. The fourth-order valence-corrected chi connectivity index (χ4v) is 3.28. The Hall–Kier alpha value is -2.29. The molecule has 0 aliphatic carbocycles. The number of nitrogens with one attached hydrogen (secondary N) is 2. The number of methoxy groups -OCH3 is 2. The van der Waals surface area contributed by atoms with Gasteiger partial charge in [0.2, 0.25) is 0 Å². The Labute approximate surface area is 181 Å². The summed E-state index contributed by atoms with van der Waals surface area (Å²) in [4.78, 5) is 0. The van der Waals surface area contributed by atoms with Crippen LogP contribution < -0.4 is 20.1 Å². The van der Waals surface area contributed by atoms with E-state index in [1.54, 1.807) is 26.4 Å². The van der Waals surface area contributed by atoms with Crippen LogP contribution >= 0.6 is 39.7 Å². The van der Waals surface area contributed by atoms with Crippen LogP contribution in [-0.2, 0) is 6.54 Å². The maximum atomic E-state index is 5.93. The molecule has 0 spiro atoms. The lowest BCUT2D eigenvalue weighted by Crippen LogP contribution is -2.19. The summed E-state index contributed by atoms with van der Waals surface area (Å²) in [5.41, 5.74) is 1.86. The van der Waals surface area contributed by atoms with E-state index in [2.05, 4.69) is 31.7 Å². The highest BCUT2D eigenvalue weighted by atomic mass is 79.9. The Balaban J connectivity index is 1.65. The van der Waals surface area contributed by atoms with Crippen molar-refractivity contribution in [3.05, 3.63) is 63.7 Å². The van der Waals surface area contributed by atoms with Crippen molar-refractivity contribution in [3.63, 3.8) is 0 Å². The summed E-state index contributed by atoms with van der Waals surface area (Å²) >= 11 is 14.8. The van der Waals surface area contributed by atoms with Crippen LogP contribution in [0.1, 0.15) is 5.56 Å². The van der Waals surface area contributed by atoms with E-state index in [9.17, 15) is 0 Å². The largest absolute Gasteiger partial charge is 0.493 e. The van der Waals surface area contributed by atoms with Gasteiger partial charge in [-0.1, -0.05) is 23.7 Å². The molecule has 0 fully saturated rings. The molecule has 1 aromatic heterocycles. The molecular weight excluding hydrogens is 464 g/mol. The predicted octanol–water partition coefficient (Wildman–Crippen LogP) is 5.17. The first kappa shape index (κ1) is 20.4. The number of ether oxygens (including phenoxy) is 2. The lowest BCUT2D eigenvalue weighted by Gasteiger charge is -2.12. The molecule has 146 valence electrons. The molecule has 0 aliphatic rings. The summed E-state index contributed by atoms with van der Waals surface area (Å²) < 4.78 is 13.2. The van der Waals surface area contributed by atoms with Crippen LogP contribution in [0.25, 0.3) is 0 Å². The van der Waals surface area contributed by atoms with Gasteiger partial charge in [-0.25, -0.2) is 0 Å². The van der Waals surface area contributed by atoms with Crippen LogP contribution in [0.2, 0.25) is 5.02 Å².